The molecular weight excluding hydrogens is 408 g/mol. The molecule has 6 nitrogen and oxygen atoms in total. The van der Waals surface area contributed by atoms with E-state index in [1.165, 1.54) is 17.3 Å². The van der Waals surface area contributed by atoms with Crippen LogP contribution in [0.3, 0.4) is 0 Å². The van der Waals surface area contributed by atoms with Gasteiger partial charge in [-0.3, -0.25) is 14.2 Å². The average molecular weight is 433 g/mol. The van der Waals surface area contributed by atoms with Crippen LogP contribution < -0.4 is 10.9 Å². The average Bonchev–Trinajstić information content (AvgIpc) is 3.22. The number of benzene rings is 2. The SMILES string of the molecule is CCn1c(SCC(=O)NCc2ccc(C)cc2)nc2c(-c3ccccc3)c[nH]c2c1=O. The zero-order valence-electron chi connectivity index (χ0n) is 17.5. The topological polar surface area (TPSA) is 79.8 Å². The van der Waals surface area contributed by atoms with Gasteiger partial charge in [-0.05, 0) is 25.0 Å². The second kappa shape index (κ2) is 9.22. The minimum Gasteiger partial charge on any atom is -0.355 e. The maximum absolute atomic E-state index is 13.0. The predicted molar refractivity (Wildman–Crippen MR) is 125 cm³/mol. The van der Waals surface area contributed by atoms with Crippen LogP contribution in [-0.4, -0.2) is 26.2 Å². The lowest BCUT2D eigenvalue weighted by molar-refractivity contribution is -0.118. The van der Waals surface area contributed by atoms with Gasteiger partial charge >= 0.3 is 0 Å². The number of aryl methyl sites for hydroxylation is 1. The summed E-state index contributed by atoms with van der Waals surface area (Å²) in [5.41, 5.74) is 5.08. The minimum atomic E-state index is -0.128. The normalized spacial score (nSPS) is 11.0. The molecule has 2 aromatic carbocycles. The quantitative estimate of drug-likeness (QED) is 0.340. The van der Waals surface area contributed by atoms with E-state index in [9.17, 15) is 9.59 Å². The van der Waals surface area contributed by atoms with E-state index in [4.69, 9.17) is 4.98 Å². The van der Waals surface area contributed by atoms with Gasteiger partial charge in [-0.15, -0.1) is 0 Å². The lowest BCUT2D eigenvalue weighted by Gasteiger charge is -2.11. The van der Waals surface area contributed by atoms with Gasteiger partial charge in [0.1, 0.15) is 11.0 Å². The summed E-state index contributed by atoms with van der Waals surface area (Å²) in [6.45, 7) is 4.89. The van der Waals surface area contributed by atoms with Gasteiger partial charge in [-0.1, -0.05) is 71.9 Å². The Kier molecular flexibility index (Phi) is 6.23. The highest BCUT2D eigenvalue weighted by molar-refractivity contribution is 7.99. The van der Waals surface area contributed by atoms with E-state index < -0.39 is 0 Å². The van der Waals surface area contributed by atoms with E-state index in [2.05, 4.69) is 10.3 Å². The summed E-state index contributed by atoms with van der Waals surface area (Å²) in [5, 5.41) is 3.47. The van der Waals surface area contributed by atoms with Crippen molar-refractivity contribution >= 4 is 28.7 Å². The van der Waals surface area contributed by atoms with E-state index in [-0.39, 0.29) is 17.2 Å². The molecule has 0 saturated heterocycles. The molecule has 0 fully saturated rings. The van der Waals surface area contributed by atoms with Crippen LogP contribution in [0.15, 0.2) is 70.7 Å². The number of hydrogen-bond acceptors (Lipinski definition) is 4. The second-order valence-corrected chi connectivity index (χ2v) is 8.23. The van der Waals surface area contributed by atoms with Crippen LogP contribution in [0.2, 0.25) is 0 Å². The summed E-state index contributed by atoms with van der Waals surface area (Å²) < 4.78 is 1.60. The van der Waals surface area contributed by atoms with Crippen molar-refractivity contribution in [2.24, 2.45) is 0 Å². The molecule has 2 heterocycles. The minimum absolute atomic E-state index is 0.0973. The van der Waals surface area contributed by atoms with Gasteiger partial charge in [0.25, 0.3) is 5.56 Å². The van der Waals surface area contributed by atoms with Gasteiger partial charge in [-0.2, -0.15) is 0 Å². The highest BCUT2D eigenvalue weighted by atomic mass is 32.2. The number of H-pyrrole nitrogens is 1. The number of nitrogens with one attached hydrogen (secondary N) is 2. The number of hydrogen-bond donors (Lipinski definition) is 2. The van der Waals surface area contributed by atoms with E-state index in [0.717, 1.165) is 16.7 Å². The molecule has 0 saturated carbocycles. The number of thioether (sulfide) groups is 1. The summed E-state index contributed by atoms with van der Waals surface area (Å²) in [7, 11) is 0. The molecule has 0 aliphatic rings. The van der Waals surface area contributed by atoms with E-state index >= 15 is 0 Å². The lowest BCUT2D eigenvalue weighted by Crippen LogP contribution is -2.26. The fourth-order valence-electron chi connectivity index (χ4n) is 3.39. The largest absolute Gasteiger partial charge is 0.355 e. The molecule has 0 bridgehead atoms. The highest BCUT2D eigenvalue weighted by Gasteiger charge is 2.16. The van der Waals surface area contributed by atoms with Crippen molar-refractivity contribution in [1.29, 1.82) is 0 Å². The molecule has 2 aromatic heterocycles. The van der Waals surface area contributed by atoms with Gasteiger partial charge in [0.15, 0.2) is 5.16 Å². The molecule has 4 aromatic rings. The number of amides is 1. The summed E-state index contributed by atoms with van der Waals surface area (Å²) in [4.78, 5) is 33.2. The van der Waals surface area contributed by atoms with Crippen LogP contribution in [0, 0.1) is 6.92 Å². The van der Waals surface area contributed by atoms with E-state index in [1.54, 1.807) is 4.57 Å². The highest BCUT2D eigenvalue weighted by Crippen LogP contribution is 2.27. The lowest BCUT2D eigenvalue weighted by atomic mass is 10.1. The third-order valence-corrected chi connectivity index (χ3v) is 6.07. The first-order valence-electron chi connectivity index (χ1n) is 10.2. The third-order valence-electron chi connectivity index (χ3n) is 5.09. The van der Waals surface area contributed by atoms with Gasteiger partial charge in [-0.25, -0.2) is 4.98 Å². The number of nitrogens with zero attached hydrogens (tertiary/aromatic N) is 2. The number of carbonyl (C=O) groups is 1. The zero-order chi connectivity index (χ0) is 21.8. The van der Waals surface area contributed by atoms with Crippen molar-refractivity contribution in [3.63, 3.8) is 0 Å². The van der Waals surface area contributed by atoms with Crippen LogP contribution >= 0.6 is 11.8 Å². The molecule has 0 unspecified atom stereocenters. The standard InChI is InChI=1S/C24H24N4O2S/c1-3-28-23(30)22-21(19(14-26-22)18-7-5-4-6-8-18)27-24(28)31-15-20(29)25-13-17-11-9-16(2)10-12-17/h4-12,14,26H,3,13,15H2,1-2H3,(H,25,29). The van der Waals surface area contributed by atoms with Gasteiger partial charge in [0, 0.05) is 24.8 Å². The second-order valence-electron chi connectivity index (χ2n) is 7.29. The van der Waals surface area contributed by atoms with Crippen LogP contribution in [0.4, 0.5) is 0 Å². The molecular formula is C24H24N4O2S. The predicted octanol–water partition coefficient (Wildman–Crippen LogP) is 4.13. The molecule has 0 atom stereocenters. The molecule has 0 aliphatic heterocycles. The molecule has 0 radical (unpaired) electrons. The molecule has 1 amide bonds. The van der Waals surface area contributed by atoms with Gasteiger partial charge < -0.3 is 10.3 Å². The summed E-state index contributed by atoms with van der Waals surface area (Å²) in [5.74, 6) is 0.0921. The monoisotopic (exact) mass is 432 g/mol. The first kappa shape index (κ1) is 20.9. The molecule has 31 heavy (non-hydrogen) atoms. The summed E-state index contributed by atoms with van der Waals surface area (Å²) >= 11 is 1.28. The van der Waals surface area contributed by atoms with Crippen molar-refractivity contribution in [1.82, 2.24) is 19.9 Å². The fourth-order valence-corrected chi connectivity index (χ4v) is 4.27. The van der Waals surface area contributed by atoms with Crippen LogP contribution in [0.5, 0.6) is 0 Å². The van der Waals surface area contributed by atoms with Crippen LogP contribution in [-0.2, 0) is 17.9 Å². The van der Waals surface area contributed by atoms with Crippen molar-refractivity contribution in [2.75, 3.05) is 5.75 Å². The Bertz CT molecular complexity index is 1260. The number of aromatic nitrogens is 3. The fraction of sp³-hybridized carbons (Fsp3) is 0.208. The number of aromatic amines is 1. The Balaban J connectivity index is 1.54. The maximum atomic E-state index is 13.0. The van der Waals surface area contributed by atoms with Crippen molar-refractivity contribution in [3.8, 4) is 11.1 Å². The maximum Gasteiger partial charge on any atom is 0.278 e. The third kappa shape index (κ3) is 4.56. The molecule has 7 heteroatoms. The number of rotatable bonds is 7. The van der Waals surface area contributed by atoms with Crippen molar-refractivity contribution in [3.05, 3.63) is 82.3 Å². The van der Waals surface area contributed by atoms with E-state index in [1.807, 2.05) is 74.6 Å². The molecule has 0 spiro atoms. The Morgan fingerprint density at radius 3 is 2.58 bits per heavy atom. The molecule has 4 rings (SSSR count). The number of fused-ring (bicyclic) bond motifs is 1. The Morgan fingerprint density at radius 1 is 1.13 bits per heavy atom. The van der Waals surface area contributed by atoms with E-state index in [0.29, 0.717) is 29.3 Å². The van der Waals surface area contributed by atoms with Crippen molar-refractivity contribution < 1.29 is 4.79 Å². The summed E-state index contributed by atoms with van der Waals surface area (Å²) in [6.07, 6.45) is 1.82. The molecule has 158 valence electrons. The summed E-state index contributed by atoms with van der Waals surface area (Å²) in [6, 6.07) is 17.9. The molecule has 2 N–H and O–H groups in total. The Hall–Kier alpha value is -3.32. The Morgan fingerprint density at radius 2 is 1.87 bits per heavy atom. The Labute approximate surface area is 184 Å². The smallest absolute Gasteiger partial charge is 0.278 e. The van der Waals surface area contributed by atoms with Gasteiger partial charge in [0.2, 0.25) is 5.91 Å². The first-order valence-corrected chi connectivity index (χ1v) is 11.2. The zero-order valence-corrected chi connectivity index (χ0v) is 18.3. The number of carbonyl (C=O) groups excluding carboxylic acids is 1. The first-order chi connectivity index (χ1) is 15.1. The van der Waals surface area contributed by atoms with Crippen LogP contribution in [0.25, 0.3) is 22.2 Å². The van der Waals surface area contributed by atoms with Crippen LogP contribution in [0.1, 0.15) is 18.1 Å². The molecule has 0 aliphatic carbocycles. The van der Waals surface area contributed by atoms with Gasteiger partial charge in [0.05, 0.1) is 5.75 Å². The van der Waals surface area contributed by atoms with Crippen molar-refractivity contribution in [2.45, 2.75) is 32.1 Å².